The molecule has 19 heavy (non-hydrogen) atoms. The lowest BCUT2D eigenvalue weighted by atomic mass is 10.1. The molecule has 0 aromatic heterocycles. The lowest BCUT2D eigenvalue weighted by Gasteiger charge is -2.10. The first kappa shape index (κ1) is 13.6. The number of ether oxygens (including phenoxy) is 1. The van der Waals surface area contributed by atoms with Crippen molar-refractivity contribution in [2.75, 3.05) is 7.05 Å². The second-order valence-corrected chi connectivity index (χ2v) is 4.55. The van der Waals surface area contributed by atoms with E-state index in [0.717, 1.165) is 23.4 Å². The quantitative estimate of drug-likeness (QED) is 0.888. The second-order valence-electron chi connectivity index (χ2n) is 4.55. The van der Waals surface area contributed by atoms with Gasteiger partial charge in [0.25, 0.3) is 0 Å². The van der Waals surface area contributed by atoms with Crippen molar-refractivity contribution in [3.05, 3.63) is 65.0 Å². The molecule has 0 saturated heterocycles. The van der Waals surface area contributed by atoms with Crippen molar-refractivity contribution in [1.29, 1.82) is 0 Å². The molecule has 100 valence electrons. The maximum absolute atomic E-state index is 13.0. The number of nitrogens with one attached hydrogen (secondary N) is 1. The van der Waals surface area contributed by atoms with Crippen LogP contribution in [-0.4, -0.2) is 7.05 Å². The molecule has 0 saturated carbocycles. The summed E-state index contributed by atoms with van der Waals surface area (Å²) in [4.78, 5) is 0. The predicted octanol–water partition coefficient (Wildman–Crippen LogP) is 3.43. The third kappa shape index (κ3) is 3.80. The van der Waals surface area contributed by atoms with Crippen molar-refractivity contribution in [1.82, 2.24) is 5.32 Å². The maximum Gasteiger partial charge on any atom is 0.123 e. The van der Waals surface area contributed by atoms with Crippen LogP contribution in [0.4, 0.5) is 4.39 Å². The van der Waals surface area contributed by atoms with Gasteiger partial charge in [-0.3, -0.25) is 0 Å². The molecule has 2 nitrogen and oxygen atoms in total. The molecule has 0 aliphatic rings. The van der Waals surface area contributed by atoms with Gasteiger partial charge in [0.05, 0.1) is 0 Å². The summed E-state index contributed by atoms with van der Waals surface area (Å²) in [6.07, 6.45) is 0. The molecule has 1 N–H and O–H groups in total. The highest BCUT2D eigenvalue weighted by Crippen LogP contribution is 2.20. The van der Waals surface area contributed by atoms with Gasteiger partial charge in [-0.15, -0.1) is 0 Å². The van der Waals surface area contributed by atoms with E-state index in [1.54, 1.807) is 6.07 Å². The van der Waals surface area contributed by atoms with Gasteiger partial charge in [0.2, 0.25) is 0 Å². The average molecular weight is 259 g/mol. The van der Waals surface area contributed by atoms with Crippen LogP contribution in [0, 0.1) is 12.7 Å². The summed E-state index contributed by atoms with van der Waals surface area (Å²) in [6.45, 7) is 3.17. The summed E-state index contributed by atoms with van der Waals surface area (Å²) >= 11 is 0. The fourth-order valence-electron chi connectivity index (χ4n) is 1.97. The lowest BCUT2D eigenvalue weighted by Crippen LogP contribution is -2.05. The molecular weight excluding hydrogens is 241 g/mol. The van der Waals surface area contributed by atoms with Crippen LogP contribution in [0.5, 0.6) is 5.75 Å². The zero-order chi connectivity index (χ0) is 13.7. The van der Waals surface area contributed by atoms with E-state index < -0.39 is 0 Å². The Morgan fingerprint density at radius 3 is 2.63 bits per heavy atom. The zero-order valence-corrected chi connectivity index (χ0v) is 11.2. The molecule has 0 heterocycles. The smallest absolute Gasteiger partial charge is 0.123 e. The number of rotatable bonds is 5. The van der Waals surface area contributed by atoms with Crippen LogP contribution in [-0.2, 0) is 13.2 Å². The molecule has 2 rings (SSSR count). The molecule has 0 aliphatic heterocycles. The van der Waals surface area contributed by atoms with Crippen molar-refractivity contribution >= 4 is 0 Å². The van der Waals surface area contributed by atoms with E-state index in [2.05, 4.69) is 17.4 Å². The van der Waals surface area contributed by atoms with Crippen molar-refractivity contribution in [2.45, 2.75) is 20.1 Å². The standard InChI is InChI=1S/C16H18FNO/c1-12-8-15(17)6-7-16(12)19-11-14-5-3-4-13(9-14)10-18-2/h3-9,18H,10-11H2,1-2H3. The highest BCUT2D eigenvalue weighted by Gasteiger charge is 2.02. The monoisotopic (exact) mass is 259 g/mol. The highest BCUT2D eigenvalue weighted by atomic mass is 19.1. The summed E-state index contributed by atoms with van der Waals surface area (Å²) < 4.78 is 18.7. The van der Waals surface area contributed by atoms with Crippen LogP contribution in [0.1, 0.15) is 16.7 Å². The molecule has 2 aromatic carbocycles. The first-order valence-electron chi connectivity index (χ1n) is 6.30. The van der Waals surface area contributed by atoms with Crippen LogP contribution in [0.15, 0.2) is 42.5 Å². The molecule has 0 fully saturated rings. The SMILES string of the molecule is CNCc1cccc(COc2ccc(F)cc2C)c1. The van der Waals surface area contributed by atoms with Crippen molar-refractivity contribution in [3.63, 3.8) is 0 Å². The molecule has 3 heteroatoms. The second kappa shape index (κ2) is 6.34. The largest absolute Gasteiger partial charge is 0.489 e. The summed E-state index contributed by atoms with van der Waals surface area (Å²) in [5.74, 6) is 0.487. The highest BCUT2D eigenvalue weighted by molar-refractivity contribution is 5.33. The molecule has 0 bridgehead atoms. The molecule has 0 unspecified atom stereocenters. The van der Waals surface area contributed by atoms with E-state index in [-0.39, 0.29) is 5.82 Å². The van der Waals surface area contributed by atoms with E-state index >= 15 is 0 Å². The van der Waals surface area contributed by atoms with Gasteiger partial charge in [-0.05, 0) is 48.9 Å². The van der Waals surface area contributed by atoms with Gasteiger partial charge >= 0.3 is 0 Å². The Kier molecular flexibility index (Phi) is 4.53. The van der Waals surface area contributed by atoms with Gasteiger partial charge < -0.3 is 10.1 Å². The Balaban J connectivity index is 2.03. The number of benzene rings is 2. The van der Waals surface area contributed by atoms with Gasteiger partial charge in [-0.25, -0.2) is 4.39 Å². The van der Waals surface area contributed by atoms with Crippen LogP contribution in [0.2, 0.25) is 0 Å². The first-order valence-corrected chi connectivity index (χ1v) is 6.30. The van der Waals surface area contributed by atoms with Gasteiger partial charge in [0.1, 0.15) is 18.2 Å². The molecule has 2 aromatic rings. The van der Waals surface area contributed by atoms with E-state index in [1.165, 1.54) is 17.7 Å². The third-order valence-electron chi connectivity index (χ3n) is 2.90. The van der Waals surface area contributed by atoms with Crippen molar-refractivity contribution in [3.8, 4) is 5.75 Å². The summed E-state index contributed by atoms with van der Waals surface area (Å²) in [5.41, 5.74) is 3.14. The normalized spacial score (nSPS) is 10.5. The summed E-state index contributed by atoms with van der Waals surface area (Å²) in [6, 6.07) is 12.8. The van der Waals surface area contributed by atoms with Crippen LogP contribution in [0.3, 0.4) is 0 Å². The van der Waals surface area contributed by atoms with Gasteiger partial charge in [-0.2, -0.15) is 0 Å². The first-order chi connectivity index (χ1) is 9.19. The Bertz CT molecular complexity index is 554. The van der Waals surface area contributed by atoms with Gasteiger partial charge in [0, 0.05) is 6.54 Å². The van der Waals surface area contributed by atoms with E-state index in [9.17, 15) is 4.39 Å². The fourth-order valence-corrected chi connectivity index (χ4v) is 1.97. The van der Waals surface area contributed by atoms with E-state index in [4.69, 9.17) is 4.74 Å². The predicted molar refractivity (Wildman–Crippen MR) is 74.7 cm³/mol. The number of hydrogen-bond acceptors (Lipinski definition) is 2. The van der Waals surface area contributed by atoms with Crippen LogP contribution < -0.4 is 10.1 Å². The maximum atomic E-state index is 13.0. The van der Waals surface area contributed by atoms with Crippen molar-refractivity contribution in [2.24, 2.45) is 0 Å². The molecule has 0 radical (unpaired) electrons. The molecule has 0 atom stereocenters. The number of halogens is 1. The summed E-state index contributed by atoms with van der Waals surface area (Å²) in [5, 5.41) is 3.12. The topological polar surface area (TPSA) is 21.3 Å². The Morgan fingerprint density at radius 2 is 1.89 bits per heavy atom. The van der Waals surface area contributed by atoms with Gasteiger partial charge in [-0.1, -0.05) is 24.3 Å². The summed E-state index contributed by atoms with van der Waals surface area (Å²) in [7, 11) is 1.92. The third-order valence-corrected chi connectivity index (χ3v) is 2.90. The minimum atomic E-state index is -0.235. The minimum Gasteiger partial charge on any atom is -0.489 e. The lowest BCUT2D eigenvalue weighted by molar-refractivity contribution is 0.303. The molecule has 0 spiro atoms. The molecule has 0 amide bonds. The number of hydrogen-bond donors (Lipinski definition) is 1. The van der Waals surface area contributed by atoms with E-state index in [1.807, 2.05) is 26.1 Å². The van der Waals surface area contributed by atoms with Crippen LogP contribution >= 0.6 is 0 Å². The minimum absolute atomic E-state index is 0.235. The Morgan fingerprint density at radius 1 is 1.11 bits per heavy atom. The molecule has 0 aliphatic carbocycles. The van der Waals surface area contributed by atoms with Crippen molar-refractivity contribution < 1.29 is 9.13 Å². The fraction of sp³-hybridized carbons (Fsp3) is 0.250. The average Bonchev–Trinajstić information content (AvgIpc) is 2.38. The Labute approximate surface area is 113 Å². The zero-order valence-electron chi connectivity index (χ0n) is 11.2. The Hall–Kier alpha value is -1.87. The van der Waals surface area contributed by atoms with Crippen LogP contribution in [0.25, 0.3) is 0 Å². The van der Waals surface area contributed by atoms with Gasteiger partial charge in [0.15, 0.2) is 0 Å². The number of aryl methyl sites for hydroxylation is 1. The van der Waals surface area contributed by atoms with E-state index in [0.29, 0.717) is 6.61 Å². The molecular formula is C16H18FNO.